The maximum absolute atomic E-state index is 12.0. The second kappa shape index (κ2) is 7.23. The summed E-state index contributed by atoms with van der Waals surface area (Å²) in [6.07, 6.45) is 0. The Morgan fingerprint density at radius 2 is 2.04 bits per heavy atom. The zero-order chi connectivity index (χ0) is 16.9. The second-order valence-corrected chi connectivity index (χ2v) is 5.68. The van der Waals surface area contributed by atoms with Gasteiger partial charge < -0.3 is 10.1 Å². The van der Waals surface area contributed by atoms with Gasteiger partial charge in [0.1, 0.15) is 11.6 Å². The third-order valence-corrected chi connectivity index (χ3v) is 3.75. The highest BCUT2D eigenvalue weighted by Crippen LogP contribution is 2.17. The quantitative estimate of drug-likeness (QED) is 0.721. The van der Waals surface area contributed by atoms with E-state index in [1.165, 1.54) is 4.68 Å². The van der Waals surface area contributed by atoms with Gasteiger partial charge in [0.05, 0.1) is 20.2 Å². The molecule has 0 atom stereocenters. The van der Waals surface area contributed by atoms with Gasteiger partial charge in [0, 0.05) is 16.8 Å². The molecule has 6 nitrogen and oxygen atoms in total. The predicted molar refractivity (Wildman–Crippen MR) is 93.7 cm³/mol. The van der Waals surface area contributed by atoms with E-state index < -0.39 is 0 Å². The molecule has 0 aliphatic heterocycles. The lowest BCUT2D eigenvalue weighted by atomic mass is 10.2. The molecule has 3 rings (SSSR count). The minimum absolute atomic E-state index is 0.243. The summed E-state index contributed by atoms with van der Waals surface area (Å²) in [4.78, 5) is 14.7. The van der Waals surface area contributed by atoms with Crippen LogP contribution >= 0.6 is 11.6 Å². The summed E-state index contributed by atoms with van der Waals surface area (Å²) in [7, 11) is 1.62. The van der Waals surface area contributed by atoms with Crippen molar-refractivity contribution in [3.8, 4) is 5.75 Å². The molecule has 0 saturated heterocycles. The molecule has 124 valence electrons. The van der Waals surface area contributed by atoms with Crippen LogP contribution in [-0.4, -0.2) is 21.9 Å². The molecule has 2 N–H and O–H groups in total. The van der Waals surface area contributed by atoms with E-state index in [-0.39, 0.29) is 5.69 Å². The second-order valence-electron chi connectivity index (χ2n) is 5.25. The lowest BCUT2D eigenvalue weighted by Gasteiger charge is -2.06. The summed E-state index contributed by atoms with van der Waals surface area (Å²) in [5, 5.41) is 8.17. The van der Waals surface area contributed by atoms with E-state index in [4.69, 9.17) is 16.3 Å². The van der Waals surface area contributed by atoms with Gasteiger partial charge in [0.15, 0.2) is 0 Å². The number of halogens is 1. The first-order chi connectivity index (χ1) is 11.6. The van der Waals surface area contributed by atoms with Gasteiger partial charge in [0.2, 0.25) is 0 Å². The van der Waals surface area contributed by atoms with Gasteiger partial charge in [-0.05, 0) is 29.8 Å². The Morgan fingerprint density at radius 1 is 1.25 bits per heavy atom. The van der Waals surface area contributed by atoms with Crippen molar-refractivity contribution < 1.29 is 4.74 Å². The SMILES string of the molecule is COc1cccc(NCc2nn(Cc3ccc(Cl)cc3)c(=O)[nH]2)c1. The molecule has 0 unspecified atom stereocenters. The zero-order valence-corrected chi connectivity index (χ0v) is 13.9. The first kappa shape index (κ1) is 16.1. The minimum atomic E-state index is -0.243. The molecule has 24 heavy (non-hydrogen) atoms. The fourth-order valence-electron chi connectivity index (χ4n) is 2.27. The topological polar surface area (TPSA) is 71.9 Å². The molecule has 0 fully saturated rings. The van der Waals surface area contributed by atoms with Crippen molar-refractivity contribution in [2.45, 2.75) is 13.1 Å². The molecular formula is C17H17ClN4O2. The fraction of sp³-hybridized carbons (Fsp3) is 0.176. The Morgan fingerprint density at radius 3 is 2.79 bits per heavy atom. The van der Waals surface area contributed by atoms with Crippen molar-refractivity contribution in [2.24, 2.45) is 0 Å². The van der Waals surface area contributed by atoms with Crippen LogP contribution in [0.15, 0.2) is 53.3 Å². The van der Waals surface area contributed by atoms with Crippen LogP contribution in [0.5, 0.6) is 5.75 Å². The lowest BCUT2D eigenvalue weighted by Crippen LogP contribution is -2.18. The summed E-state index contributed by atoms with van der Waals surface area (Å²) >= 11 is 5.86. The van der Waals surface area contributed by atoms with Crippen molar-refractivity contribution in [1.82, 2.24) is 14.8 Å². The number of benzene rings is 2. The van der Waals surface area contributed by atoms with Crippen LogP contribution in [0.25, 0.3) is 0 Å². The zero-order valence-electron chi connectivity index (χ0n) is 13.1. The number of rotatable bonds is 6. The molecule has 0 bridgehead atoms. The molecule has 1 aromatic heterocycles. The van der Waals surface area contributed by atoms with Crippen molar-refractivity contribution in [3.05, 3.63) is 75.4 Å². The van der Waals surface area contributed by atoms with E-state index in [0.717, 1.165) is 17.0 Å². The largest absolute Gasteiger partial charge is 0.497 e. The van der Waals surface area contributed by atoms with Crippen LogP contribution in [0, 0.1) is 0 Å². The Kier molecular flexibility index (Phi) is 4.86. The number of nitrogens with zero attached hydrogens (tertiary/aromatic N) is 2. The normalized spacial score (nSPS) is 10.6. The van der Waals surface area contributed by atoms with E-state index in [0.29, 0.717) is 23.9 Å². The van der Waals surface area contributed by atoms with Gasteiger partial charge in [-0.1, -0.05) is 29.8 Å². The molecule has 3 aromatic rings. The number of methoxy groups -OCH3 is 1. The number of aromatic amines is 1. The molecule has 0 radical (unpaired) electrons. The number of anilines is 1. The van der Waals surface area contributed by atoms with Gasteiger partial charge in [0.25, 0.3) is 0 Å². The van der Waals surface area contributed by atoms with Crippen molar-refractivity contribution >= 4 is 17.3 Å². The molecule has 0 aliphatic carbocycles. The van der Waals surface area contributed by atoms with E-state index in [2.05, 4.69) is 15.4 Å². The molecule has 7 heteroatoms. The average molecular weight is 345 g/mol. The summed E-state index contributed by atoms with van der Waals surface area (Å²) in [6, 6.07) is 14.9. The molecule has 0 spiro atoms. The molecule has 1 heterocycles. The first-order valence-electron chi connectivity index (χ1n) is 7.42. The maximum Gasteiger partial charge on any atom is 0.343 e. The van der Waals surface area contributed by atoms with E-state index >= 15 is 0 Å². The number of ether oxygens (including phenoxy) is 1. The average Bonchev–Trinajstić information content (AvgIpc) is 2.95. The van der Waals surface area contributed by atoms with Gasteiger partial charge in [-0.15, -0.1) is 0 Å². The Hall–Kier alpha value is -2.73. The lowest BCUT2D eigenvalue weighted by molar-refractivity contribution is 0.415. The molecule has 0 aliphatic rings. The highest BCUT2D eigenvalue weighted by molar-refractivity contribution is 6.30. The Bertz CT molecular complexity index is 871. The van der Waals surface area contributed by atoms with Gasteiger partial charge in [-0.25, -0.2) is 9.48 Å². The maximum atomic E-state index is 12.0. The molecule has 2 aromatic carbocycles. The smallest absolute Gasteiger partial charge is 0.343 e. The minimum Gasteiger partial charge on any atom is -0.497 e. The van der Waals surface area contributed by atoms with Gasteiger partial charge in [-0.2, -0.15) is 5.10 Å². The third kappa shape index (κ3) is 3.97. The van der Waals surface area contributed by atoms with Crippen molar-refractivity contribution in [1.29, 1.82) is 0 Å². The highest BCUT2D eigenvalue weighted by atomic mass is 35.5. The standard InChI is InChI=1S/C17H17ClN4O2/c1-24-15-4-2-3-14(9-15)19-10-16-20-17(23)22(21-16)11-12-5-7-13(18)8-6-12/h2-9,19H,10-11H2,1H3,(H,20,21,23). The van der Waals surface area contributed by atoms with Crippen LogP contribution in [0.2, 0.25) is 5.02 Å². The van der Waals surface area contributed by atoms with E-state index in [1.807, 2.05) is 36.4 Å². The monoisotopic (exact) mass is 344 g/mol. The van der Waals surface area contributed by atoms with Crippen molar-refractivity contribution in [3.63, 3.8) is 0 Å². The number of aromatic nitrogens is 3. The van der Waals surface area contributed by atoms with Crippen molar-refractivity contribution in [2.75, 3.05) is 12.4 Å². The number of hydrogen-bond donors (Lipinski definition) is 2. The van der Waals surface area contributed by atoms with Crippen LogP contribution in [-0.2, 0) is 13.1 Å². The van der Waals surface area contributed by atoms with Crippen LogP contribution in [0.4, 0.5) is 5.69 Å². The highest BCUT2D eigenvalue weighted by Gasteiger charge is 2.06. The summed E-state index contributed by atoms with van der Waals surface area (Å²) in [6.45, 7) is 0.807. The van der Waals surface area contributed by atoms with Gasteiger partial charge >= 0.3 is 5.69 Å². The Balaban J connectivity index is 1.67. The number of H-pyrrole nitrogens is 1. The number of hydrogen-bond acceptors (Lipinski definition) is 4. The summed E-state index contributed by atoms with van der Waals surface area (Å²) < 4.78 is 6.57. The Labute approximate surface area is 144 Å². The first-order valence-corrected chi connectivity index (χ1v) is 7.80. The van der Waals surface area contributed by atoms with Crippen LogP contribution < -0.4 is 15.7 Å². The number of nitrogens with one attached hydrogen (secondary N) is 2. The summed E-state index contributed by atoms with van der Waals surface area (Å²) in [5.41, 5.74) is 1.61. The summed E-state index contributed by atoms with van der Waals surface area (Å²) in [5.74, 6) is 1.33. The van der Waals surface area contributed by atoms with Crippen LogP contribution in [0.3, 0.4) is 0 Å². The molecule has 0 saturated carbocycles. The van der Waals surface area contributed by atoms with E-state index in [9.17, 15) is 4.79 Å². The van der Waals surface area contributed by atoms with Crippen LogP contribution in [0.1, 0.15) is 11.4 Å². The predicted octanol–water partition coefficient (Wildman–Crippen LogP) is 2.89. The fourth-order valence-corrected chi connectivity index (χ4v) is 2.40. The van der Waals surface area contributed by atoms with Gasteiger partial charge in [-0.3, -0.25) is 4.98 Å². The van der Waals surface area contributed by atoms with E-state index in [1.54, 1.807) is 19.2 Å². The molecular weight excluding hydrogens is 328 g/mol. The third-order valence-electron chi connectivity index (χ3n) is 3.50. The molecule has 0 amide bonds.